The van der Waals surface area contributed by atoms with Crippen molar-refractivity contribution in [1.29, 1.82) is 0 Å². The number of hydrogen-bond acceptors (Lipinski definition) is 8. The van der Waals surface area contributed by atoms with Gasteiger partial charge < -0.3 is 23.6 Å². The first-order chi connectivity index (χ1) is 14.3. The van der Waals surface area contributed by atoms with E-state index in [9.17, 15) is 14.4 Å². The topological polar surface area (TPSA) is 100 Å². The largest absolute Gasteiger partial charge is 0.780 e. The Kier molecular flexibility index (Phi) is 4.27. The van der Waals surface area contributed by atoms with Crippen LogP contribution >= 0.6 is 30.8 Å². The lowest BCUT2D eigenvalue weighted by Gasteiger charge is -2.68. The fraction of sp³-hybridized carbons (Fsp3) is 0.600. The van der Waals surface area contributed by atoms with E-state index < -0.39 is 19.2 Å². The van der Waals surface area contributed by atoms with E-state index in [1.807, 2.05) is 6.07 Å². The second kappa shape index (κ2) is 6.42. The highest BCUT2D eigenvalue weighted by atomic mass is 35.5. The van der Waals surface area contributed by atoms with Crippen molar-refractivity contribution >= 4 is 40.8 Å². The SMILES string of the molecule is CO[C@]1(c2cc3c(Cl)c(OP(=O)([O-])[O-])ccc3s2)OOC12C1CC3CC(C1)CC2C3. The Hall–Kier alpha value is -0.700. The highest BCUT2D eigenvalue weighted by molar-refractivity contribution is 7.43. The van der Waals surface area contributed by atoms with E-state index in [4.69, 9.17) is 26.1 Å². The minimum atomic E-state index is -5.21. The van der Waals surface area contributed by atoms with E-state index in [-0.39, 0.29) is 10.8 Å². The summed E-state index contributed by atoms with van der Waals surface area (Å²) in [5.41, 5.74) is -0.512. The van der Waals surface area contributed by atoms with Crippen LogP contribution in [0.2, 0.25) is 5.02 Å². The van der Waals surface area contributed by atoms with Crippen molar-refractivity contribution in [2.45, 2.75) is 43.5 Å². The Morgan fingerprint density at radius 1 is 1.13 bits per heavy atom. The molecule has 5 fully saturated rings. The molecule has 1 aromatic heterocycles. The van der Waals surface area contributed by atoms with Crippen LogP contribution < -0.4 is 14.3 Å². The molecule has 1 atom stereocenters. The first-order valence-electron chi connectivity index (χ1n) is 10.1. The molecule has 0 radical (unpaired) electrons. The lowest BCUT2D eigenvalue weighted by molar-refractivity contribution is -0.644. The van der Waals surface area contributed by atoms with Crippen LogP contribution in [0.15, 0.2) is 18.2 Å². The summed E-state index contributed by atoms with van der Waals surface area (Å²) in [7, 11) is -3.57. The molecule has 30 heavy (non-hydrogen) atoms. The van der Waals surface area contributed by atoms with Gasteiger partial charge in [-0.3, -0.25) is 0 Å². The summed E-state index contributed by atoms with van der Waals surface area (Å²) >= 11 is 7.85. The second-order valence-corrected chi connectivity index (χ2v) is 11.6. The van der Waals surface area contributed by atoms with Gasteiger partial charge in [-0.1, -0.05) is 11.6 Å². The molecular weight excluding hydrogens is 451 g/mol. The molecule has 4 saturated carbocycles. The molecule has 2 aromatic rings. The minimum absolute atomic E-state index is 0.0764. The van der Waals surface area contributed by atoms with E-state index in [0.29, 0.717) is 17.2 Å². The summed E-state index contributed by atoms with van der Waals surface area (Å²) in [5, 5.41) is 0.668. The zero-order chi connectivity index (χ0) is 20.9. The highest BCUT2D eigenvalue weighted by Gasteiger charge is 2.77. The third-order valence-electron chi connectivity index (χ3n) is 7.58. The summed E-state index contributed by atoms with van der Waals surface area (Å²) in [4.78, 5) is 34.7. The van der Waals surface area contributed by atoms with Crippen LogP contribution in [0.25, 0.3) is 10.1 Å². The van der Waals surface area contributed by atoms with Crippen LogP contribution in [0.3, 0.4) is 0 Å². The summed E-state index contributed by atoms with van der Waals surface area (Å²) in [5.74, 6) is 1.11. The molecule has 1 aromatic carbocycles. The number of phosphoric acid groups is 1. The second-order valence-electron chi connectivity index (χ2n) is 9.02. The highest BCUT2D eigenvalue weighted by Crippen LogP contribution is 2.70. The minimum Gasteiger partial charge on any atom is -0.780 e. The monoisotopic (exact) mass is 470 g/mol. The van der Waals surface area contributed by atoms with Gasteiger partial charge in [-0.2, -0.15) is 4.89 Å². The van der Waals surface area contributed by atoms with Crippen LogP contribution in [0.4, 0.5) is 0 Å². The van der Waals surface area contributed by atoms with E-state index in [2.05, 4.69) is 4.52 Å². The smallest absolute Gasteiger partial charge is 0.269 e. The van der Waals surface area contributed by atoms with Gasteiger partial charge in [-0.25, -0.2) is 4.89 Å². The number of ether oxygens (including phenoxy) is 1. The molecule has 0 N–H and O–H groups in total. The maximum Gasteiger partial charge on any atom is 0.269 e. The molecule has 4 bridgehead atoms. The van der Waals surface area contributed by atoms with E-state index >= 15 is 0 Å². The molecular formula is C20H20ClO7PS-2. The Balaban J connectivity index is 1.44. The van der Waals surface area contributed by atoms with Crippen LogP contribution in [-0.4, -0.2) is 12.7 Å². The number of benzene rings is 1. The number of hydrogen-bond donors (Lipinski definition) is 0. The van der Waals surface area contributed by atoms with Crippen LogP contribution in [0.5, 0.6) is 5.75 Å². The third kappa shape index (κ3) is 2.54. The van der Waals surface area contributed by atoms with Crippen molar-refractivity contribution in [3.63, 3.8) is 0 Å². The number of rotatable bonds is 4. The van der Waals surface area contributed by atoms with Gasteiger partial charge in [0.05, 0.1) is 9.90 Å². The maximum atomic E-state index is 11.0. The van der Waals surface area contributed by atoms with E-state index in [1.165, 1.54) is 23.8 Å². The normalized spacial score (nSPS) is 39.6. The molecule has 2 heterocycles. The molecule has 7 rings (SSSR count). The van der Waals surface area contributed by atoms with Gasteiger partial charge in [-0.05, 0) is 74.0 Å². The average Bonchev–Trinajstić information content (AvgIpc) is 3.08. The summed E-state index contributed by atoms with van der Waals surface area (Å²) in [6, 6.07) is 4.92. The van der Waals surface area contributed by atoms with E-state index in [1.54, 1.807) is 13.2 Å². The number of thiophene rings is 1. The van der Waals surface area contributed by atoms with Gasteiger partial charge in [0, 0.05) is 17.2 Å². The van der Waals surface area contributed by atoms with Crippen molar-refractivity contribution in [2.24, 2.45) is 23.7 Å². The van der Waals surface area contributed by atoms with Crippen molar-refractivity contribution in [1.82, 2.24) is 0 Å². The summed E-state index contributed by atoms with van der Waals surface area (Å²) in [6.45, 7) is 0. The Morgan fingerprint density at radius 2 is 1.80 bits per heavy atom. The Bertz CT molecular complexity index is 1050. The number of phosphoric ester groups is 1. The van der Waals surface area contributed by atoms with Gasteiger partial charge >= 0.3 is 0 Å². The molecule has 0 unspecified atom stereocenters. The molecule has 4 aliphatic carbocycles. The average molecular weight is 471 g/mol. The van der Waals surface area contributed by atoms with Crippen molar-refractivity contribution in [2.75, 3.05) is 7.11 Å². The molecule has 0 amide bonds. The van der Waals surface area contributed by atoms with Gasteiger partial charge in [0.25, 0.3) is 5.79 Å². The maximum absolute atomic E-state index is 11.0. The lowest BCUT2D eigenvalue weighted by Crippen LogP contribution is -2.76. The standard InChI is InChI=1S/C20H22ClO7PS/c1-25-20(19(27-28-20)12-5-10-4-11(7-12)8-13(19)6-10)17-9-14-16(30-17)3-2-15(18(14)21)26-29(22,23)24/h2-3,9-13H,4-8H2,1H3,(H2,22,23,24)/p-2/t10?,11?,12?,13?,19?,20-/m1/s1. The zero-order valence-electron chi connectivity index (χ0n) is 16.2. The first kappa shape index (κ1) is 19.9. The summed E-state index contributed by atoms with van der Waals surface area (Å²) < 4.78 is 22.4. The number of methoxy groups -OCH3 is 1. The van der Waals surface area contributed by atoms with Gasteiger partial charge in [0.2, 0.25) is 0 Å². The Morgan fingerprint density at radius 3 is 2.33 bits per heavy atom. The molecule has 10 heteroatoms. The molecule has 1 aliphatic heterocycles. The molecule has 7 nitrogen and oxygen atoms in total. The predicted molar refractivity (Wildman–Crippen MR) is 106 cm³/mol. The molecule has 5 aliphatic rings. The molecule has 162 valence electrons. The molecule has 1 spiro atoms. The predicted octanol–water partition coefficient (Wildman–Crippen LogP) is 3.72. The zero-order valence-corrected chi connectivity index (χ0v) is 18.6. The lowest BCUT2D eigenvalue weighted by atomic mass is 9.47. The van der Waals surface area contributed by atoms with Crippen molar-refractivity contribution in [3.05, 3.63) is 28.1 Å². The van der Waals surface area contributed by atoms with Gasteiger partial charge in [0.15, 0.2) is 5.60 Å². The van der Waals surface area contributed by atoms with Crippen molar-refractivity contribution in [3.8, 4) is 5.75 Å². The van der Waals surface area contributed by atoms with E-state index in [0.717, 1.165) is 47.1 Å². The number of halogens is 1. The summed E-state index contributed by atoms with van der Waals surface area (Å²) in [6.07, 6.45) is 5.86. The first-order valence-corrected chi connectivity index (χ1v) is 12.8. The fourth-order valence-corrected chi connectivity index (χ4v) is 8.70. The van der Waals surface area contributed by atoms with Crippen LogP contribution in [0, 0.1) is 23.7 Å². The molecule has 1 saturated heterocycles. The van der Waals surface area contributed by atoms with Crippen LogP contribution in [-0.2, 0) is 24.9 Å². The van der Waals surface area contributed by atoms with Crippen LogP contribution in [0.1, 0.15) is 37.0 Å². The quantitative estimate of drug-likeness (QED) is 0.496. The van der Waals surface area contributed by atoms with Gasteiger partial charge in [-0.15, -0.1) is 11.3 Å². The van der Waals surface area contributed by atoms with Gasteiger partial charge in [0.1, 0.15) is 13.6 Å². The number of fused-ring (bicyclic) bond motifs is 1. The fourth-order valence-electron chi connectivity index (χ4n) is 6.71. The Labute approximate surface area is 182 Å². The van der Waals surface area contributed by atoms with Crippen molar-refractivity contribution < 1.29 is 33.4 Å². The third-order valence-corrected chi connectivity index (χ3v) is 9.58.